The van der Waals surface area contributed by atoms with E-state index in [1.54, 1.807) is 0 Å². The van der Waals surface area contributed by atoms with Crippen molar-refractivity contribution in [2.24, 2.45) is 10.8 Å². The van der Waals surface area contributed by atoms with Crippen molar-refractivity contribution < 1.29 is 9.90 Å². The van der Waals surface area contributed by atoms with E-state index in [1.165, 1.54) is 12.8 Å². The fraction of sp³-hybridized carbons (Fsp3) is 0.929. The molecule has 0 bridgehead atoms. The number of carboxylic acids is 1. The number of hydrogen-bond donors (Lipinski definition) is 1. The Bertz CT molecular complexity index is 259. The summed E-state index contributed by atoms with van der Waals surface area (Å²) in [4.78, 5) is 13.8. The Morgan fingerprint density at radius 1 is 1.24 bits per heavy atom. The molecule has 3 nitrogen and oxygen atoms in total. The summed E-state index contributed by atoms with van der Waals surface area (Å²) in [6.07, 6.45) is 3.80. The van der Waals surface area contributed by atoms with Gasteiger partial charge >= 0.3 is 5.97 Å². The fourth-order valence-electron chi connectivity index (χ4n) is 2.59. The molecule has 1 N–H and O–H groups in total. The third kappa shape index (κ3) is 3.44. The van der Waals surface area contributed by atoms with Crippen molar-refractivity contribution in [3.05, 3.63) is 0 Å². The summed E-state index contributed by atoms with van der Waals surface area (Å²) in [6, 6.07) is 0. The molecule has 0 radical (unpaired) electrons. The van der Waals surface area contributed by atoms with Crippen molar-refractivity contribution in [1.82, 2.24) is 4.90 Å². The first-order chi connectivity index (χ1) is 7.85. The standard InChI is InChI=1S/C14H27NO2/c1-5-14(6-2,12(16)17)11-15-9-7-13(3,4)8-10-15/h5-11H2,1-4H3,(H,16,17). The van der Waals surface area contributed by atoms with Crippen LogP contribution in [0.4, 0.5) is 0 Å². The van der Waals surface area contributed by atoms with Crippen LogP contribution in [0.3, 0.4) is 0 Å². The van der Waals surface area contributed by atoms with Gasteiger partial charge in [0, 0.05) is 6.54 Å². The maximum Gasteiger partial charge on any atom is 0.310 e. The van der Waals surface area contributed by atoms with Crippen LogP contribution < -0.4 is 0 Å². The van der Waals surface area contributed by atoms with Crippen LogP contribution >= 0.6 is 0 Å². The van der Waals surface area contributed by atoms with Crippen molar-refractivity contribution >= 4 is 5.97 Å². The Hall–Kier alpha value is -0.570. The Labute approximate surface area is 105 Å². The third-order valence-corrected chi connectivity index (χ3v) is 4.54. The van der Waals surface area contributed by atoms with Gasteiger partial charge in [0.2, 0.25) is 0 Å². The number of nitrogens with zero attached hydrogens (tertiary/aromatic N) is 1. The average molecular weight is 241 g/mol. The number of likely N-dealkylation sites (tertiary alicyclic amines) is 1. The molecular weight excluding hydrogens is 214 g/mol. The van der Waals surface area contributed by atoms with Gasteiger partial charge in [0.05, 0.1) is 5.41 Å². The van der Waals surface area contributed by atoms with Crippen molar-refractivity contribution in [1.29, 1.82) is 0 Å². The summed E-state index contributed by atoms with van der Waals surface area (Å²) in [6.45, 7) is 11.4. The van der Waals surface area contributed by atoms with Crippen LogP contribution in [0.5, 0.6) is 0 Å². The summed E-state index contributed by atoms with van der Waals surface area (Å²) in [7, 11) is 0. The Kier molecular flexibility index (Phi) is 4.59. The highest BCUT2D eigenvalue weighted by molar-refractivity contribution is 5.74. The molecular formula is C14H27NO2. The van der Waals surface area contributed by atoms with Gasteiger partial charge in [-0.05, 0) is 44.2 Å². The lowest BCUT2D eigenvalue weighted by molar-refractivity contribution is -0.151. The maximum absolute atomic E-state index is 11.5. The van der Waals surface area contributed by atoms with Crippen molar-refractivity contribution in [2.75, 3.05) is 19.6 Å². The second-order valence-corrected chi connectivity index (χ2v) is 6.23. The summed E-state index contributed by atoms with van der Waals surface area (Å²) < 4.78 is 0. The predicted molar refractivity (Wildman–Crippen MR) is 70.1 cm³/mol. The van der Waals surface area contributed by atoms with Crippen LogP contribution in [0.15, 0.2) is 0 Å². The van der Waals surface area contributed by atoms with E-state index in [1.807, 2.05) is 13.8 Å². The zero-order chi connectivity index (χ0) is 13.1. The summed E-state index contributed by atoms with van der Waals surface area (Å²) in [5, 5.41) is 9.43. The van der Waals surface area contributed by atoms with Crippen LogP contribution in [-0.4, -0.2) is 35.6 Å². The molecule has 0 aliphatic carbocycles. The smallest absolute Gasteiger partial charge is 0.310 e. The second kappa shape index (κ2) is 5.38. The first-order valence-electron chi connectivity index (χ1n) is 6.81. The molecule has 1 fully saturated rings. The highest BCUT2D eigenvalue weighted by atomic mass is 16.4. The number of piperidine rings is 1. The molecule has 0 saturated carbocycles. The Morgan fingerprint density at radius 3 is 2.06 bits per heavy atom. The van der Waals surface area contributed by atoms with E-state index >= 15 is 0 Å². The molecule has 1 aliphatic rings. The predicted octanol–water partition coefficient (Wildman–Crippen LogP) is 3.00. The molecule has 17 heavy (non-hydrogen) atoms. The van der Waals surface area contributed by atoms with E-state index in [0.717, 1.165) is 25.9 Å². The molecule has 1 aliphatic heterocycles. The monoisotopic (exact) mass is 241 g/mol. The molecule has 0 aromatic carbocycles. The van der Waals surface area contributed by atoms with Crippen LogP contribution in [0, 0.1) is 10.8 Å². The molecule has 3 heteroatoms. The first kappa shape index (κ1) is 14.5. The van der Waals surface area contributed by atoms with Gasteiger partial charge in [-0.3, -0.25) is 4.79 Å². The molecule has 1 saturated heterocycles. The normalized spacial score (nSPS) is 21.4. The molecule has 0 unspecified atom stereocenters. The SMILES string of the molecule is CCC(CC)(CN1CCC(C)(C)CC1)C(=O)O. The van der Waals surface area contributed by atoms with Gasteiger partial charge in [0.25, 0.3) is 0 Å². The van der Waals surface area contributed by atoms with Gasteiger partial charge in [-0.2, -0.15) is 0 Å². The van der Waals surface area contributed by atoms with Crippen LogP contribution in [0.25, 0.3) is 0 Å². The lowest BCUT2D eigenvalue weighted by Gasteiger charge is -2.40. The zero-order valence-corrected chi connectivity index (χ0v) is 11.8. The largest absolute Gasteiger partial charge is 0.481 e. The van der Waals surface area contributed by atoms with Gasteiger partial charge < -0.3 is 10.0 Å². The number of carbonyl (C=O) groups is 1. The van der Waals surface area contributed by atoms with Crippen molar-refractivity contribution in [2.45, 2.75) is 53.4 Å². The van der Waals surface area contributed by atoms with Crippen molar-refractivity contribution in [3.8, 4) is 0 Å². The Morgan fingerprint density at radius 2 is 1.71 bits per heavy atom. The van der Waals surface area contributed by atoms with Crippen LogP contribution in [0.1, 0.15) is 53.4 Å². The summed E-state index contributed by atoms with van der Waals surface area (Å²) in [5.74, 6) is -0.632. The number of carboxylic acid groups (broad SMARTS) is 1. The zero-order valence-electron chi connectivity index (χ0n) is 11.8. The third-order valence-electron chi connectivity index (χ3n) is 4.54. The van der Waals surface area contributed by atoms with E-state index in [4.69, 9.17) is 0 Å². The highest BCUT2D eigenvalue weighted by Crippen LogP contribution is 2.33. The van der Waals surface area contributed by atoms with E-state index in [2.05, 4.69) is 18.7 Å². The average Bonchev–Trinajstić information content (AvgIpc) is 2.28. The second-order valence-electron chi connectivity index (χ2n) is 6.23. The fourth-order valence-corrected chi connectivity index (χ4v) is 2.59. The molecule has 0 amide bonds. The van der Waals surface area contributed by atoms with E-state index in [0.29, 0.717) is 12.0 Å². The molecule has 0 atom stereocenters. The van der Waals surface area contributed by atoms with E-state index in [9.17, 15) is 9.90 Å². The van der Waals surface area contributed by atoms with Gasteiger partial charge in [-0.1, -0.05) is 27.7 Å². The minimum absolute atomic E-state index is 0.431. The molecule has 0 spiro atoms. The quantitative estimate of drug-likeness (QED) is 0.804. The van der Waals surface area contributed by atoms with Gasteiger partial charge in [-0.25, -0.2) is 0 Å². The molecule has 0 aromatic heterocycles. The van der Waals surface area contributed by atoms with Gasteiger partial charge in [0.15, 0.2) is 0 Å². The van der Waals surface area contributed by atoms with E-state index in [-0.39, 0.29) is 0 Å². The van der Waals surface area contributed by atoms with Crippen LogP contribution in [-0.2, 0) is 4.79 Å². The topological polar surface area (TPSA) is 40.5 Å². The summed E-state index contributed by atoms with van der Waals surface area (Å²) >= 11 is 0. The lowest BCUT2D eigenvalue weighted by Crippen LogP contribution is -2.46. The van der Waals surface area contributed by atoms with Gasteiger partial charge in [-0.15, -0.1) is 0 Å². The summed E-state index contributed by atoms with van der Waals surface area (Å²) in [5.41, 5.74) is -0.109. The minimum Gasteiger partial charge on any atom is -0.481 e. The molecule has 1 rings (SSSR count). The van der Waals surface area contributed by atoms with Crippen LogP contribution in [0.2, 0.25) is 0 Å². The highest BCUT2D eigenvalue weighted by Gasteiger charge is 2.38. The molecule has 1 heterocycles. The minimum atomic E-state index is -0.632. The number of aliphatic carboxylic acids is 1. The molecule has 0 aromatic rings. The van der Waals surface area contributed by atoms with Gasteiger partial charge in [0.1, 0.15) is 0 Å². The Balaban J connectivity index is 2.61. The number of rotatable bonds is 5. The first-order valence-corrected chi connectivity index (χ1v) is 6.81. The molecule has 100 valence electrons. The lowest BCUT2D eigenvalue weighted by atomic mass is 9.79. The maximum atomic E-state index is 11.5. The van der Waals surface area contributed by atoms with E-state index < -0.39 is 11.4 Å². The number of hydrogen-bond acceptors (Lipinski definition) is 2. The van der Waals surface area contributed by atoms with Crippen molar-refractivity contribution in [3.63, 3.8) is 0 Å².